The summed E-state index contributed by atoms with van der Waals surface area (Å²) in [6.45, 7) is -0.00537. The van der Waals surface area contributed by atoms with Crippen LogP contribution in [0.5, 0.6) is 0 Å². The fraction of sp³-hybridized carbons (Fsp3) is 0.385. The molecule has 1 saturated carbocycles. The molecule has 1 aliphatic carbocycles. The molecule has 0 aromatic heterocycles. The third-order valence-corrected chi connectivity index (χ3v) is 3.16. The topological polar surface area (TPSA) is 113 Å². The number of hydrogen-bond donors (Lipinski definition) is 2. The molecule has 0 radical (unpaired) electrons. The van der Waals surface area contributed by atoms with Gasteiger partial charge in [-0.1, -0.05) is 0 Å². The van der Waals surface area contributed by atoms with Gasteiger partial charge in [-0.2, -0.15) is 0 Å². The number of nitro benzene ring substituents is 1. The molecule has 0 saturated heterocycles. The van der Waals surface area contributed by atoms with Crippen LogP contribution in [0.3, 0.4) is 0 Å². The Hall–Kier alpha value is -2.64. The molecule has 2 rings (SSSR count). The molecule has 8 heteroatoms. The van der Waals surface area contributed by atoms with Crippen molar-refractivity contribution in [2.24, 2.45) is 0 Å². The number of benzene rings is 1. The van der Waals surface area contributed by atoms with E-state index >= 15 is 0 Å². The zero-order valence-electron chi connectivity index (χ0n) is 11.4. The Morgan fingerprint density at radius 1 is 1.48 bits per heavy atom. The first-order valence-electron chi connectivity index (χ1n) is 6.40. The Labute approximate surface area is 120 Å². The van der Waals surface area contributed by atoms with Crippen LogP contribution in [0.15, 0.2) is 18.2 Å². The highest BCUT2D eigenvalue weighted by Gasteiger charge is 2.24. The van der Waals surface area contributed by atoms with Gasteiger partial charge in [0.15, 0.2) is 0 Å². The van der Waals surface area contributed by atoms with Crippen LogP contribution in [0.1, 0.15) is 23.2 Å². The Balaban J connectivity index is 2.18. The maximum Gasteiger partial charge on any atom is 0.338 e. The SMILES string of the molecule is CN(CC(=O)NC1CC1)c1ccc([N+](=O)[O-])cc1C(=O)O. The van der Waals surface area contributed by atoms with Crippen molar-refractivity contribution in [2.75, 3.05) is 18.5 Å². The van der Waals surface area contributed by atoms with Crippen molar-refractivity contribution < 1.29 is 19.6 Å². The van der Waals surface area contributed by atoms with Crippen LogP contribution in [0.2, 0.25) is 0 Å². The number of nitrogens with one attached hydrogen (secondary N) is 1. The molecule has 0 bridgehead atoms. The molecule has 0 aliphatic heterocycles. The van der Waals surface area contributed by atoms with E-state index in [1.165, 1.54) is 17.0 Å². The first kappa shape index (κ1) is 14.8. The summed E-state index contributed by atoms with van der Waals surface area (Å²) in [5.74, 6) is -1.47. The van der Waals surface area contributed by atoms with E-state index in [4.69, 9.17) is 5.11 Å². The number of nitrogens with zero attached hydrogens (tertiary/aromatic N) is 2. The first-order chi connectivity index (χ1) is 9.88. The van der Waals surface area contributed by atoms with E-state index in [2.05, 4.69) is 5.32 Å². The van der Waals surface area contributed by atoms with E-state index in [-0.39, 0.29) is 35.4 Å². The quantitative estimate of drug-likeness (QED) is 0.597. The minimum Gasteiger partial charge on any atom is -0.478 e. The summed E-state index contributed by atoms with van der Waals surface area (Å²) < 4.78 is 0. The standard InChI is InChI=1S/C13H15N3O5/c1-15(7-12(17)14-8-2-3-8)11-5-4-9(16(20)21)6-10(11)13(18)19/h4-6,8H,2-3,7H2,1H3,(H,14,17)(H,18,19). The Morgan fingerprint density at radius 2 is 2.14 bits per heavy atom. The summed E-state index contributed by atoms with van der Waals surface area (Å²) in [5, 5.41) is 22.7. The van der Waals surface area contributed by atoms with Gasteiger partial charge in [-0.3, -0.25) is 14.9 Å². The van der Waals surface area contributed by atoms with Crippen molar-refractivity contribution in [2.45, 2.75) is 18.9 Å². The molecule has 8 nitrogen and oxygen atoms in total. The second-order valence-corrected chi connectivity index (χ2v) is 4.96. The number of carboxylic acids is 1. The van der Waals surface area contributed by atoms with Crippen LogP contribution in [0, 0.1) is 10.1 Å². The number of likely N-dealkylation sites (N-methyl/N-ethyl adjacent to an activating group) is 1. The van der Waals surface area contributed by atoms with E-state index in [9.17, 15) is 19.7 Å². The molecule has 1 aromatic carbocycles. The zero-order valence-corrected chi connectivity index (χ0v) is 11.4. The van der Waals surface area contributed by atoms with Crippen molar-refractivity contribution in [3.05, 3.63) is 33.9 Å². The van der Waals surface area contributed by atoms with Gasteiger partial charge in [0.25, 0.3) is 5.69 Å². The summed E-state index contributed by atoms with van der Waals surface area (Å²) >= 11 is 0. The number of carbonyl (C=O) groups is 2. The molecule has 1 aliphatic rings. The van der Waals surface area contributed by atoms with Gasteiger partial charge in [0.1, 0.15) is 0 Å². The summed E-state index contributed by atoms with van der Waals surface area (Å²) in [6, 6.07) is 3.78. The van der Waals surface area contributed by atoms with Crippen molar-refractivity contribution in [1.82, 2.24) is 5.32 Å². The van der Waals surface area contributed by atoms with Gasteiger partial charge < -0.3 is 15.3 Å². The summed E-state index contributed by atoms with van der Waals surface area (Å²) in [5.41, 5.74) is -0.239. The number of non-ortho nitro benzene ring substituents is 1. The summed E-state index contributed by atoms with van der Waals surface area (Å²) in [6.07, 6.45) is 1.93. The van der Waals surface area contributed by atoms with Gasteiger partial charge in [0.05, 0.1) is 22.7 Å². The fourth-order valence-electron chi connectivity index (χ4n) is 1.94. The molecular formula is C13H15N3O5. The molecule has 112 valence electrons. The number of carboxylic acid groups (broad SMARTS) is 1. The van der Waals surface area contributed by atoms with E-state index in [0.717, 1.165) is 18.9 Å². The molecule has 0 atom stereocenters. The zero-order chi connectivity index (χ0) is 15.6. The lowest BCUT2D eigenvalue weighted by molar-refractivity contribution is -0.384. The second kappa shape index (κ2) is 5.78. The minimum atomic E-state index is -1.27. The number of anilines is 1. The maximum absolute atomic E-state index is 11.7. The van der Waals surface area contributed by atoms with E-state index in [0.29, 0.717) is 0 Å². The lowest BCUT2D eigenvalue weighted by Crippen LogP contribution is -2.36. The largest absolute Gasteiger partial charge is 0.478 e. The van der Waals surface area contributed by atoms with Crippen molar-refractivity contribution in [1.29, 1.82) is 0 Å². The Kier molecular flexibility index (Phi) is 4.06. The summed E-state index contributed by atoms with van der Waals surface area (Å²) in [7, 11) is 1.57. The number of amides is 1. The molecule has 2 N–H and O–H groups in total. The monoisotopic (exact) mass is 293 g/mol. The normalized spacial score (nSPS) is 13.6. The van der Waals surface area contributed by atoms with Gasteiger partial charge in [-0.05, 0) is 18.9 Å². The lowest BCUT2D eigenvalue weighted by Gasteiger charge is -2.20. The summed E-state index contributed by atoms with van der Waals surface area (Å²) in [4.78, 5) is 34.5. The predicted molar refractivity (Wildman–Crippen MR) is 74.5 cm³/mol. The molecule has 1 amide bonds. The number of aromatic carboxylic acids is 1. The van der Waals surface area contributed by atoms with Gasteiger partial charge >= 0.3 is 5.97 Å². The van der Waals surface area contributed by atoms with Crippen molar-refractivity contribution in [3.8, 4) is 0 Å². The molecule has 1 aromatic rings. The van der Waals surface area contributed by atoms with Crippen LogP contribution >= 0.6 is 0 Å². The maximum atomic E-state index is 11.7. The molecular weight excluding hydrogens is 278 g/mol. The highest BCUT2D eigenvalue weighted by Crippen LogP contribution is 2.25. The van der Waals surface area contributed by atoms with Crippen LogP contribution in [-0.4, -0.2) is 41.5 Å². The van der Waals surface area contributed by atoms with E-state index in [1.54, 1.807) is 7.05 Å². The molecule has 1 fully saturated rings. The third-order valence-electron chi connectivity index (χ3n) is 3.16. The molecule has 0 spiro atoms. The predicted octanol–water partition coefficient (Wildman–Crippen LogP) is 1.01. The van der Waals surface area contributed by atoms with Gasteiger partial charge in [-0.15, -0.1) is 0 Å². The Bertz CT molecular complexity index is 597. The second-order valence-electron chi connectivity index (χ2n) is 4.96. The number of carbonyl (C=O) groups excluding carboxylic acids is 1. The highest BCUT2D eigenvalue weighted by atomic mass is 16.6. The lowest BCUT2D eigenvalue weighted by atomic mass is 10.1. The highest BCUT2D eigenvalue weighted by molar-refractivity contribution is 5.96. The van der Waals surface area contributed by atoms with Crippen LogP contribution in [0.25, 0.3) is 0 Å². The van der Waals surface area contributed by atoms with Crippen molar-refractivity contribution in [3.63, 3.8) is 0 Å². The van der Waals surface area contributed by atoms with Gasteiger partial charge in [0.2, 0.25) is 5.91 Å². The Morgan fingerprint density at radius 3 is 2.67 bits per heavy atom. The van der Waals surface area contributed by atoms with Gasteiger partial charge in [0, 0.05) is 25.2 Å². The minimum absolute atomic E-state index is 0.00537. The number of rotatable bonds is 6. The van der Waals surface area contributed by atoms with E-state index < -0.39 is 10.9 Å². The fourth-order valence-corrected chi connectivity index (χ4v) is 1.94. The molecule has 21 heavy (non-hydrogen) atoms. The molecule has 0 heterocycles. The van der Waals surface area contributed by atoms with Crippen LogP contribution in [0.4, 0.5) is 11.4 Å². The average Bonchev–Trinajstić information content (AvgIpc) is 3.21. The average molecular weight is 293 g/mol. The third kappa shape index (κ3) is 3.68. The van der Waals surface area contributed by atoms with Gasteiger partial charge in [-0.25, -0.2) is 4.79 Å². The number of nitro groups is 1. The van der Waals surface area contributed by atoms with Crippen LogP contribution < -0.4 is 10.2 Å². The van der Waals surface area contributed by atoms with Crippen LogP contribution in [-0.2, 0) is 4.79 Å². The van der Waals surface area contributed by atoms with Crippen molar-refractivity contribution >= 4 is 23.3 Å². The number of hydrogen-bond acceptors (Lipinski definition) is 5. The smallest absolute Gasteiger partial charge is 0.338 e. The first-order valence-corrected chi connectivity index (χ1v) is 6.40. The van der Waals surface area contributed by atoms with E-state index in [1.807, 2.05) is 0 Å². The molecule has 0 unspecified atom stereocenters.